The topological polar surface area (TPSA) is 290 Å². The average molecular weight is 1960 g/mol. The molecule has 6 rings (SSSR count). The molecule has 17 unspecified atom stereocenters. The molecule has 0 bridgehead atoms. The lowest BCUT2D eigenvalue weighted by atomic mass is 9.74. The fraction of sp³-hybridized carbons (Fsp3) is 0.889. The van der Waals surface area contributed by atoms with Crippen LogP contribution in [0.4, 0.5) is 0 Å². The maximum Gasteiger partial charge on any atom is 0.310 e. The Morgan fingerprint density at radius 1 is 0.201 bits per heavy atom. The standard InChI is InChI=1S/C108H197N15O16/c1-79(2)73-121(74-80(3)72-97(124)85-44-24-25-45-86(85)98(125)117(64-36-56-109(8)9)65-37-57-110(10)11)102(129)87-46-26-27-47-88(87)103(130)122(75-81(4)136-105(132)93-52-32-28-48-89(93)99(126)118(66-38-58-111(12)13)67-39-59-112(14)15)76-82(5)139-108(135)96-55-35-31-51-92(96)104(131)123(77-83(6)137-106(133)94-53-33-29-49-90(94)100(127)119(68-40-60-113(16)17)69-41-61-114(18)19)78-84(7)138-107(134)95-54-34-30-50-91(95)101(128)120(70-42-62-115(20)21)71-43-63-116(22)23/h79-96H,24-78H2,1-23H3. The SMILES string of the molecule is CC(C)CN(CC(C)CC(=O)C1CCCCC1C(=O)N(CCCN(C)C)CCCN(C)C)C(=O)C1CCCCC1C(=O)N(CC(C)OC(=O)C1CCCCC1C(=O)N(CCCN(C)C)CCCN(C)C)CC(C)OC(=O)C1CCCCC1C(=O)N(CC(C)OC(=O)C1CCCCC1C(=O)N(CCCN(C)C)CCCN(C)C)CC(C)OC(=O)C1CCCCC1C(=O)N(CCCN(C)C)CCCN(C)C. The molecule has 0 spiro atoms. The summed E-state index contributed by atoms with van der Waals surface area (Å²) in [7, 11) is 32.3. The lowest BCUT2D eigenvalue weighted by molar-refractivity contribution is -0.168. The van der Waals surface area contributed by atoms with Crippen LogP contribution in [0.2, 0.25) is 0 Å². The summed E-state index contributed by atoms with van der Waals surface area (Å²) in [6, 6.07) is 0. The lowest BCUT2D eigenvalue weighted by Gasteiger charge is -2.39. The van der Waals surface area contributed by atoms with Gasteiger partial charge in [0, 0.05) is 95.5 Å². The number of Topliss-reactive ketones (excluding diaryl/α,β-unsaturated/α-hetero) is 1. The number of ether oxygens (including phenoxy) is 4. The van der Waals surface area contributed by atoms with Crippen molar-refractivity contribution in [1.82, 2.24) is 73.5 Å². The Bertz CT molecular complexity index is 3540. The zero-order valence-electron chi connectivity index (χ0n) is 91.5. The second-order valence-corrected chi connectivity index (χ2v) is 45.4. The van der Waals surface area contributed by atoms with Crippen LogP contribution in [0.5, 0.6) is 0 Å². The minimum Gasteiger partial charge on any atom is -0.461 e. The highest BCUT2D eigenvalue weighted by atomic mass is 16.6. The number of carbonyl (C=O) groups excluding carboxylic acids is 12. The van der Waals surface area contributed by atoms with Gasteiger partial charge in [-0.15, -0.1) is 0 Å². The van der Waals surface area contributed by atoms with Crippen LogP contribution in [0.1, 0.15) is 260 Å². The number of ketones is 1. The van der Waals surface area contributed by atoms with E-state index in [1.165, 1.54) is 0 Å². The maximum atomic E-state index is 16.3. The van der Waals surface area contributed by atoms with Crippen molar-refractivity contribution in [3.63, 3.8) is 0 Å². The number of amides is 7. The minimum absolute atomic E-state index is 0.0270. The Balaban J connectivity index is 1.34. The first-order valence-corrected chi connectivity index (χ1v) is 54.5. The third kappa shape index (κ3) is 42.6. The Hall–Kier alpha value is -6.48. The van der Waals surface area contributed by atoms with E-state index in [0.717, 1.165) is 155 Å². The summed E-state index contributed by atoms with van der Waals surface area (Å²) in [5.41, 5.74) is 0. The number of hydrogen-bond acceptors (Lipinski definition) is 24. The first kappa shape index (κ1) is 121. The highest BCUT2D eigenvalue weighted by Gasteiger charge is 2.48. The van der Waals surface area contributed by atoms with Gasteiger partial charge >= 0.3 is 23.9 Å². The third-order valence-electron chi connectivity index (χ3n) is 29.7. The molecule has 31 nitrogen and oxygen atoms in total. The van der Waals surface area contributed by atoms with Gasteiger partial charge in [-0.05, 0) is 333 Å². The van der Waals surface area contributed by atoms with Gasteiger partial charge in [-0.3, -0.25) is 57.5 Å². The van der Waals surface area contributed by atoms with Crippen molar-refractivity contribution in [2.24, 2.45) is 82.9 Å². The van der Waals surface area contributed by atoms with E-state index >= 15 is 24.0 Å². The van der Waals surface area contributed by atoms with Gasteiger partial charge in [-0.1, -0.05) is 97.8 Å². The van der Waals surface area contributed by atoms with E-state index in [0.29, 0.717) is 155 Å². The predicted molar refractivity (Wildman–Crippen MR) is 550 cm³/mol. The van der Waals surface area contributed by atoms with Crippen molar-refractivity contribution >= 4 is 71.0 Å². The normalized spacial score (nSPS) is 23.2. The van der Waals surface area contributed by atoms with Crippen LogP contribution < -0.4 is 0 Å². The van der Waals surface area contributed by atoms with Crippen LogP contribution in [0.3, 0.4) is 0 Å². The molecular weight excluding hydrogens is 1760 g/mol. The van der Waals surface area contributed by atoms with E-state index < -0.39 is 125 Å². The minimum atomic E-state index is -1.02. The number of hydrogen-bond donors (Lipinski definition) is 0. The van der Waals surface area contributed by atoms with E-state index in [1.807, 2.05) is 144 Å². The fourth-order valence-electron chi connectivity index (χ4n) is 22.6. The number of nitrogens with zero attached hydrogens (tertiary/aromatic N) is 15. The molecule has 0 saturated heterocycles. The van der Waals surface area contributed by atoms with Gasteiger partial charge in [-0.2, -0.15) is 0 Å². The Morgan fingerprint density at radius 3 is 0.547 bits per heavy atom. The summed E-state index contributed by atoms with van der Waals surface area (Å²) in [6.45, 7) is 24.1. The largest absolute Gasteiger partial charge is 0.461 e. The summed E-state index contributed by atoms with van der Waals surface area (Å²) in [4.78, 5) is 213. The molecule has 6 aliphatic rings. The van der Waals surface area contributed by atoms with Gasteiger partial charge < -0.3 is 92.4 Å². The van der Waals surface area contributed by atoms with Crippen LogP contribution >= 0.6 is 0 Å². The molecule has 0 aliphatic heterocycles. The zero-order chi connectivity index (χ0) is 103. The quantitative estimate of drug-likeness (QED) is 0.0404. The molecule has 800 valence electrons. The Morgan fingerprint density at radius 2 is 0.360 bits per heavy atom. The lowest BCUT2D eigenvalue weighted by Crippen LogP contribution is -2.52. The summed E-state index contributed by atoms with van der Waals surface area (Å²) in [5, 5.41) is 0. The van der Waals surface area contributed by atoms with Gasteiger partial charge in [0.1, 0.15) is 30.2 Å². The Labute approximate surface area is 841 Å². The molecule has 6 fully saturated rings. The molecule has 6 saturated carbocycles. The second kappa shape index (κ2) is 63.7. The van der Waals surface area contributed by atoms with Gasteiger partial charge in [0.25, 0.3) is 0 Å². The van der Waals surface area contributed by atoms with Crippen LogP contribution in [0, 0.1) is 82.9 Å². The van der Waals surface area contributed by atoms with E-state index in [2.05, 4.69) is 53.0 Å². The predicted octanol–water partition coefficient (Wildman–Crippen LogP) is 11.2. The third-order valence-corrected chi connectivity index (χ3v) is 29.7. The molecule has 6 aliphatic carbocycles. The van der Waals surface area contributed by atoms with Crippen molar-refractivity contribution in [3.8, 4) is 0 Å². The van der Waals surface area contributed by atoms with Gasteiger partial charge in [-0.25, -0.2) is 0 Å². The van der Waals surface area contributed by atoms with E-state index in [-0.39, 0.29) is 98.6 Å². The van der Waals surface area contributed by atoms with Crippen molar-refractivity contribution in [2.75, 3.05) is 257 Å². The molecule has 7 amide bonds. The molecular formula is C108H197N15O16. The number of rotatable bonds is 62. The number of carbonyl (C=O) groups is 12. The van der Waals surface area contributed by atoms with Crippen LogP contribution in [-0.2, 0) is 76.5 Å². The molecule has 0 N–H and O–H groups in total. The molecule has 31 heteroatoms. The fourth-order valence-corrected chi connectivity index (χ4v) is 22.6. The van der Waals surface area contributed by atoms with Crippen LogP contribution in [-0.4, -0.2) is 426 Å². The van der Waals surface area contributed by atoms with Gasteiger partial charge in [0.2, 0.25) is 41.4 Å². The summed E-state index contributed by atoms with van der Waals surface area (Å²) >= 11 is 0. The summed E-state index contributed by atoms with van der Waals surface area (Å²) < 4.78 is 26.0. The molecule has 0 aromatic rings. The van der Waals surface area contributed by atoms with Crippen molar-refractivity contribution in [3.05, 3.63) is 0 Å². The number of esters is 4. The first-order chi connectivity index (χ1) is 66.0. The van der Waals surface area contributed by atoms with Crippen LogP contribution in [0.15, 0.2) is 0 Å². The summed E-state index contributed by atoms with van der Waals surface area (Å²) in [5.74, 6) is -11.8. The average Bonchev–Trinajstić information content (AvgIpc) is 0.798. The van der Waals surface area contributed by atoms with Gasteiger partial charge in [0.05, 0.1) is 73.5 Å². The zero-order valence-corrected chi connectivity index (χ0v) is 91.5. The van der Waals surface area contributed by atoms with Crippen molar-refractivity contribution in [1.29, 1.82) is 0 Å². The molecule has 0 heterocycles. The smallest absolute Gasteiger partial charge is 0.310 e. The van der Waals surface area contributed by atoms with Crippen molar-refractivity contribution in [2.45, 2.75) is 285 Å². The van der Waals surface area contributed by atoms with Crippen LogP contribution in [0.25, 0.3) is 0 Å². The summed E-state index contributed by atoms with van der Waals surface area (Å²) in [6.07, 6.45) is 17.1. The van der Waals surface area contributed by atoms with Crippen molar-refractivity contribution < 1.29 is 76.5 Å². The monoisotopic (exact) mass is 1960 g/mol. The molecule has 0 radical (unpaired) electrons. The second-order valence-electron chi connectivity index (χ2n) is 45.4. The first-order valence-electron chi connectivity index (χ1n) is 54.5. The van der Waals surface area contributed by atoms with E-state index in [1.54, 1.807) is 37.5 Å². The highest BCUT2D eigenvalue weighted by Crippen LogP contribution is 2.41. The Kier molecular flexibility index (Phi) is 55.6. The molecule has 17 atom stereocenters. The van der Waals surface area contributed by atoms with Gasteiger partial charge in [0.15, 0.2) is 0 Å². The highest BCUT2D eigenvalue weighted by molar-refractivity contribution is 5.92. The van der Waals surface area contributed by atoms with E-state index in [4.69, 9.17) is 18.9 Å². The maximum absolute atomic E-state index is 16.3. The van der Waals surface area contributed by atoms with E-state index in [9.17, 15) is 33.6 Å². The molecule has 0 aromatic heterocycles. The molecule has 0 aromatic carbocycles. The molecule has 139 heavy (non-hydrogen) atoms.